The van der Waals surface area contributed by atoms with Crippen molar-refractivity contribution in [2.24, 2.45) is 0 Å². The van der Waals surface area contributed by atoms with Gasteiger partial charge in [-0.25, -0.2) is 8.42 Å². The molecule has 0 spiro atoms. The largest absolute Gasteiger partial charge is 0.480 e. The maximum atomic E-state index is 12.2. The highest BCUT2D eigenvalue weighted by Gasteiger charge is 2.43. The summed E-state index contributed by atoms with van der Waals surface area (Å²) < 4.78 is 25.3. The Morgan fingerprint density at radius 2 is 1.83 bits per heavy atom. The third kappa shape index (κ3) is 2.33. The summed E-state index contributed by atoms with van der Waals surface area (Å²) in [5.41, 5.74) is 0. The molecule has 0 bridgehead atoms. The summed E-state index contributed by atoms with van der Waals surface area (Å²) in [6, 6.07) is 2.90. The first kappa shape index (κ1) is 13.6. The van der Waals surface area contributed by atoms with Gasteiger partial charge in [0.25, 0.3) is 0 Å². The molecular weight excluding hydrogens is 301 g/mol. The Bertz CT molecular complexity index is 582. The van der Waals surface area contributed by atoms with E-state index < -0.39 is 22.0 Å². The second-order valence-electron chi connectivity index (χ2n) is 3.86. The van der Waals surface area contributed by atoms with Crippen molar-refractivity contribution in [3.05, 3.63) is 28.2 Å². The maximum Gasteiger partial charge on any atom is 0.322 e. The number of rotatable bonds is 3. The van der Waals surface area contributed by atoms with Crippen LogP contribution in [0, 0.1) is 0 Å². The van der Waals surface area contributed by atoms with Crippen LogP contribution in [0.15, 0.2) is 23.1 Å². The van der Waals surface area contributed by atoms with Crippen molar-refractivity contribution in [2.45, 2.75) is 17.4 Å². The van der Waals surface area contributed by atoms with Crippen LogP contribution in [0.1, 0.15) is 6.42 Å². The number of carboxylic acid groups (broad SMARTS) is 1. The van der Waals surface area contributed by atoms with E-state index in [1.165, 1.54) is 18.2 Å². The molecule has 1 aliphatic rings. The maximum absolute atomic E-state index is 12.2. The van der Waals surface area contributed by atoms with E-state index in [-0.39, 0.29) is 21.5 Å². The van der Waals surface area contributed by atoms with Gasteiger partial charge in [0.05, 0.1) is 4.90 Å². The number of carbonyl (C=O) groups is 1. The predicted octanol–water partition coefficient (Wildman–Crippen LogP) is 1.84. The number of aliphatic carboxylic acids is 1. The molecule has 98 valence electrons. The summed E-state index contributed by atoms with van der Waals surface area (Å²) in [5, 5.41) is 9.24. The van der Waals surface area contributed by atoms with Gasteiger partial charge in [-0.1, -0.05) is 23.2 Å². The van der Waals surface area contributed by atoms with Gasteiger partial charge in [0.15, 0.2) is 0 Å². The number of hydrogen-bond donors (Lipinski definition) is 1. The zero-order chi connectivity index (χ0) is 13.5. The zero-order valence-electron chi connectivity index (χ0n) is 9.01. The molecule has 1 aliphatic heterocycles. The molecule has 0 amide bonds. The number of carboxylic acids is 1. The molecule has 18 heavy (non-hydrogen) atoms. The molecule has 1 fully saturated rings. The molecule has 0 radical (unpaired) electrons. The Kier molecular flexibility index (Phi) is 3.55. The van der Waals surface area contributed by atoms with Crippen LogP contribution in [0.3, 0.4) is 0 Å². The fourth-order valence-electron chi connectivity index (χ4n) is 1.71. The van der Waals surface area contributed by atoms with Crippen LogP contribution >= 0.6 is 23.2 Å². The molecule has 1 aromatic carbocycles. The average molecular weight is 310 g/mol. The SMILES string of the molecule is O=C(O)[C@@H]1CCN1S(=O)(=O)c1cc(Cl)cc(Cl)c1. The molecule has 0 aliphatic carbocycles. The van der Waals surface area contributed by atoms with Crippen LogP contribution in [0.25, 0.3) is 0 Å². The first-order valence-electron chi connectivity index (χ1n) is 5.03. The van der Waals surface area contributed by atoms with Crippen molar-refractivity contribution >= 4 is 39.2 Å². The van der Waals surface area contributed by atoms with Crippen molar-refractivity contribution < 1.29 is 18.3 Å². The van der Waals surface area contributed by atoms with Crippen LogP contribution in [-0.4, -0.2) is 36.4 Å². The van der Waals surface area contributed by atoms with Crippen molar-refractivity contribution in [3.63, 3.8) is 0 Å². The minimum absolute atomic E-state index is 0.0917. The molecule has 0 aromatic heterocycles. The van der Waals surface area contributed by atoms with Gasteiger partial charge in [0, 0.05) is 16.6 Å². The number of halogens is 2. The summed E-state index contributed by atoms with van der Waals surface area (Å²) in [4.78, 5) is 10.8. The van der Waals surface area contributed by atoms with E-state index in [2.05, 4.69) is 0 Å². The monoisotopic (exact) mass is 309 g/mol. The molecule has 8 heteroatoms. The number of hydrogen-bond acceptors (Lipinski definition) is 3. The molecule has 1 aromatic rings. The van der Waals surface area contributed by atoms with Gasteiger partial charge in [0.1, 0.15) is 6.04 Å². The van der Waals surface area contributed by atoms with Crippen molar-refractivity contribution in [1.82, 2.24) is 4.31 Å². The van der Waals surface area contributed by atoms with Gasteiger partial charge >= 0.3 is 5.97 Å². The number of sulfonamides is 1. The van der Waals surface area contributed by atoms with Gasteiger partial charge in [0.2, 0.25) is 10.0 Å². The lowest BCUT2D eigenvalue weighted by molar-refractivity contribution is -0.144. The lowest BCUT2D eigenvalue weighted by Gasteiger charge is -2.36. The van der Waals surface area contributed by atoms with Crippen molar-refractivity contribution in [3.8, 4) is 0 Å². The van der Waals surface area contributed by atoms with Gasteiger partial charge in [-0.15, -0.1) is 0 Å². The Balaban J connectivity index is 2.40. The second kappa shape index (κ2) is 4.70. The lowest BCUT2D eigenvalue weighted by Crippen LogP contribution is -2.54. The summed E-state index contributed by atoms with van der Waals surface area (Å²) in [6.07, 6.45) is 0.308. The summed E-state index contributed by atoms with van der Waals surface area (Å²) in [7, 11) is -3.86. The number of nitrogens with zero attached hydrogens (tertiary/aromatic N) is 1. The Morgan fingerprint density at radius 1 is 1.28 bits per heavy atom. The fraction of sp³-hybridized carbons (Fsp3) is 0.300. The van der Waals surface area contributed by atoms with Crippen LogP contribution in [0.5, 0.6) is 0 Å². The predicted molar refractivity (Wildman–Crippen MR) is 66.4 cm³/mol. The Morgan fingerprint density at radius 3 is 2.22 bits per heavy atom. The Labute approximate surface area is 114 Å². The van der Waals surface area contributed by atoms with E-state index in [1.54, 1.807) is 0 Å². The van der Waals surface area contributed by atoms with E-state index in [0.717, 1.165) is 4.31 Å². The van der Waals surface area contributed by atoms with Gasteiger partial charge in [-0.3, -0.25) is 4.79 Å². The lowest BCUT2D eigenvalue weighted by atomic mass is 10.1. The van der Waals surface area contributed by atoms with Gasteiger partial charge in [-0.05, 0) is 24.6 Å². The van der Waals surface area contributed by atoms with Crippen LogP contribution < -0.4 is 0 Å². The molecular formula is C10H9Cl2NO4S. The standard InChI is InChI=1S/C10H9Cl2NO4S/c11-6-3-7(12)5-8(4-6)18(16,17)13-2-1-9(13)10(14)15/h3-5,9H,1-2H2,(H,14,15)/t9-/m0/s1. The molecule has 1 heterocycles. The third-order valence-corrected chi connectivity index (χ3v) is 5.02. The Hall–Kier alpha value is -0.820. The molecule has 0 saturated carbocycles. The summed E-state index contributed by atoms with van der Waals surface area (Å²) in [6.45, 7) is 0.184. The summed E-state index contributed by atoms with van der Waals surface area (Å²) in [5.74, 6) is -1.15. The zero-order valence-corrected chi connectivity index (χ0v) is 11.3. The average Bonchev–Trinajstić information content (AvgIpc) is 2.11. The van der Waals surface area contributed by atoms with Gasteiger partial charge < -0.3 is 5.11 Å². The van der Waals surface area contributed by atoms with E-state index in [9.17, 15) is 13.2 Å². The molecule has 1 atom stereocenters. The van der Waals surface area contributed by atoms with E-state index >= 15 is 0 Å². The normalized spacial score (nSPS) is 20.4. The fourth-order valence-corrected chi connectivity index (χ4v) is 4.07. The van der Waals surface area contributed by atoms with Crippen LogP contribution in [0.4, 0.5) is 0 Å². The molecule has 0 unspecified atom stereocenters. The molecule has 5 nitrogen and oxygen atoms in total. The minimum atomic E-state index is -3.86. The second-order valence-corrected chi connectivity index (χ2v) is 6.63. The first-order valence-corrected chi connectivity index (χ1v) is 7.23. The smallest absolute Gasteiger partial charge is 0.322 e. The van der Waals surface area contributed by atoms with E-state index in [0.29, 0.717) is 6.42 Å². The van der Waals surface area contributed by atoms with Gasteiger partial charge in [-0.2, -0.15) is 4.31 Å². The van der Waals surface area contributed by atoms with E-state index in [1.807, 2.05) is 0 Å². The van der Waals surface area contributed by atoms with Crippen molar-refractivity contribution in [2.75, 3.05) is 6.54 Å². The van der Waals surface area contributed by atoms with E-state index in [4.69, 9.17) is 28.3 Å². The molecule has 2 rings (SSSR count). The topological polar surface area (TPSA) is 74.7 Å². The third-order valence-electron chi connectivity index (χ3n) is 2.70. The highest BCUT2D eigenvalue weighted by Crippen LogP contribution is 2.30. The minimum Gasteiger partial charge on any atom is -0.480 e. The molecule has 1 N–H and O–H groups in total. The molecule has 1 saturated heterocycles. The van der Waals surface area contributed by atoms with Crippen molar-refractivity contribution in [1.29, 1.82) is 0 Å². The highest BCUT2D eigenvalue weighted by molar-refractivity contribution is 7.89. The summed E-state index contributed by atoms with van der Waals surface area (Å²) >= 11 is 11.5. The first-order chi connectivity index (χ1) is 8.32. The van der Waals surface area contributed by atoms with Crippen LogP contribution in [0.2, 0.25) is 10.0 Å². The van der Waals surface area contributed by atoms with Crippen LogP contribution in [-0.2, 0) is 14.8 Å². The highest BCUT2D eigenvalue weighted by atomic mass is 35.5. The quantitative estimate of drug-likeness (QED) is 0.924. The number of benzene rings is 1.